The van der Waals surface area contributed by atoms with Crippen molar-refractivity contribution in [1.82, 2.24) is 4.90 Å². The van der Waals surface area contributed by atoms with E-state index in [0.29, 0.717) is 19.7 Å². The summed E-state index contributed by atoms with van der Waals surface area (Å²) < 4.78 is 11.0. The van der Waals surface area contributed by atoms with Crippen LogP contribution in [0.1, 0.15) is 13.3 Å². The Hall–Kier alpha value is -2.53. The molecule has 0 spiro atoms. The maximum Gasteiger partial charge on any atom is 0.409 e. The molecule has 1 aliphatic heterocycles. The molecule has 5 heteroatoms. The molecule has 2 unspecified atom stereocenters. The Morgan fingerprint density at radius 1 is 1.08 bits per heavy atom. The zero-order chi connectivity index (χ0) is 18.4. The molecule has 2 aromatic carbocycles. The van der Waals surface area contributed by atoms with E-state index in [0.717, 1.165) is 17.8 Å². The fraction of sp³-hybridized carbons (Fsp3) is 0.381. The van der Waals surface area contributed by atoms with Crippen molar-refractivity contribution in [3.05, 3.63) is 60.7 Å². The molecule has 1 fully saturated rings. The summed E-state index contributed by atoms with van der Waals surface area (Å²) in [6.07, 6.45) is 0.439. The maximum absolute atomic E-state index is 12.1. The first-order chi connectivity index (χ1) is 12.7. The molecule has 3 rings (SSSR count). The number of methoxy groups -OCH3 is 1. The standard InChI is InChI=1S/C21H26N2O3/c1-3-26-21(24)22-15-14-19(20(16-22)25-2)23(17-10-6-4-7-11-17)18-12-8-5-9-13-18/h4-13,19-20H,3,14-16H2,1-2H3. The van der Waals surface area contributed by atoms with Crippen LogP contribution in [0.15, 0.2) is 60.7 Å². The van der Waals surface area contributed by atoms with Gasteiger partial charge in [-0.15, -0.1) is 0 Å². The lowest BCUT2D eigenvalue weighted by molar-refractivity contribution is 0.0132. The van der Waals surface area contributed by atoms with Gasteiger partial charge in [0.2, 0.25) is 0 Å². The first-order valence-corrected chi connectivity index (χ1v) is 9.08. The number of nitrogens with zero attached hydrogens (tertiary/aromatic N) is 2. The van der Waals surface area contributed by atoms with Crippen molar-refractivity contribution >= 4 is 17.5 Å². The van der Waals surface area contributed by atoms with Crippen LogP contribution in [0, 0.1) is 0 Å². The Morgan fingerprint density at radius 2 is 1.65 bits per heavy atom. The molecular formula is C21H26N2O3. The summed E-state index contributed by atoms with van der Waals surface area (Å²) in [6.45, 7) is 3.39. The van der Waals surface area contributed by atoms with Gasteiger partial charge in [0, 0.05) is 25.0 Å². The topological polar surface area (TPSA) is 42.0 Å². The van der Waals surface area contributed by atoms with Gasteiger partial charge in [0.25, 0.3) is 0 Å². The monoisotopic (exact) mass is 354 g/mol. The molecule has 0 aromatic heterocycles. The average molecular weight is 354 g/mol. The predicted octanol–water partition coefficient (Wildman–Crippen LogP) is 4.07. The smallest absolute Gasteiger partial charge is 0.409 e. The highest BCUT2D eigenvalue weighted by Gasteiger charge is 2.36. The molecule has 0 aliphatic carbocycles. The Balaban J connectivity index is 1.88. The average Bonchev–Trinajstić information content (AvgIpc) is 2.70. The van der Waals surface area contributed by atoms with Crippen molar-refractivity contribution < 1.29 is 14.3 Å². The second-order valence-corrected chi connectivity index (χ2v) is 6.32. The van der Waals surface area contributed by atoms with Crippen LogP contribution in [0.5, 0.6) is 0 Å². The summed E-state index contributed by atoms with van der Waals surface area (Å²) in [5.74, 6) is 0. The Bertz CT molecular complexity index is 653. The summed E-state index contributed by atoms with van der Waals surface area (Å²) in [7, 11) is 1.71. The largest absolute Gasteiger partial charge is 0.450 e. The highest BCUT2D eigenvalue weighted by Crippen LogP contribution is 2.32. The molecule has 0 bridgehead atoms. The molecule has 0 saturated carbocycles. The minimum Gasteiger partial charge on any atom is -0.450 e. The molecule has 138 valence electrons. The highest BCUT2D eigenvalue weighted by molar-refractivity contribution is 5.68. The quantitative estimate of drug-likeness (QED) is 0.812. The lowest BCUT2D eigenvalue weighted by Gasteiger charge is -2.43. The molecule has 26 heavy (non-hydrogen) atoms. The van der Waals surface area contributed by atoms with Gasteiger partial charge in [-0.3, -0.25) is 0 Å². The lowest BCUT2D eigenvalue weighted by atomic mass is 9.98. The van der Waals surface area contributed by atoms with Crippen LogP contribution in [0.25, 0.3) is 0 Å². The Kier molecular flexibility index (Phi) is 6.12. The number of rotatable bonds is 5. The van der Waals surface area contributed by atoms with Crippen LogP contribution in [0.4, 0.5) is 16.2 Å². The van der Waals surface area contributed by atoms with Crippen LogP contribution >= 0.6 is 0 Å². The Morgan fingerprint density at radius 3 is 2.15 bits per heavy atom. The van der Waals surface area contributed by atoms with E-state index in [1.54, 1.807) is 12.0 Å². The molecule has 5 nitrogen and oxygen atoms in total. The fourth-order valence-corrected chi connectivity index (χ4v) is 3.52. The van der Waals surface area contributed by atoms with Crippen molar-refractivity contribution in [2.24, 2.45) is 0 Å². The second-order valence-electron chi connectivity index (χ2n) is 6.32. The Labute approximate surface area is 155 Å². The molecule has 2 aromatic rings. The van der Waals surface area contributed by atoms with Gasteiger partial charge in [-0.25, -0.2) is 4.79 Å². The van der Waals surface area contributed by atoms with Crippen LogP contribution in [0.2, 0.25) is 0 Å². The number of hydrogen-bond acceptors (Lipinski definition) is 4. The number of para-hydroxylation sites is 2. The number of likely N-dealkylation sites (tertiary alicyclic amines) is 1. The van der Waals surface area contributed by atoms with Gasteiger partial charge in [-0.1, -0.05) is 36.4 Å². The number of amides is 1. The minimum atomic E-state index is -0.265. The van der Waals surface area contributed by atoms with Gasteiger partial charge >= 0.3 is 6.09 Å². The van der Waals surface area contributed by atoms with Crippen molar-refractivity contribution in [3.63, 3.8) is 0 Å². The van der Waals surface area contributed by atoms with E-state index in [2.05, 4.69) is 29.2 Å². The normalized spacial score (nSPS) is 19.8. The van der Waals surface area contributed by atoms with Crippen molar-refractivity contribution in [2.75, 3.05) is 31.7 Å². The second kappa shape index (κ2) is 8.72. The van der Waals surface area contributed by atoms with E-state index in [1.807, 2.05) is 43.3 Å². The van der Waals surface area contributed by atoms with Gasteiger partial charge < -0.3 is 19.3 Å². The molecule has 1 heterocycles. The third kappa shape index (κ3) is 3.99. The minimum absolute atomic E-state index is 0.103. The van der Waals surface area contributed by atoms with E-state index in [9.17, 15) is 4.79 Å². The molecule has 1 saturated heterocycles. The van der Waals surface area contributed by atoms with Gasteiger partial charge in [0.05, 0.1) is 25.3 Å². The number of carbonyl (C=O) groups is 1. The molecule has 2 atom stereocenters. The number of benzene rings is 2. The number of piperidine rings is 1. The first kappa shape index (κ1) is 18.3. The fourth-order valence-electron chi connectivity index (χ4n) is 3.52. The van der Waals surface area contributed by atoms with Crippen molar-refractivity contribution in [2.45, 2.75) is 25.5 Å². The number of carbonyl (C=O) groups excluding carboxylic acids is 1. The van der Waals surface area contributed by atoms with Crippen LogP contribution in [-0.2, 0) is 9.47 Å². The van der Waals surface area contributed by atoms with Gasteiger partial charge in [-0.2, -0.15) is 0 Å². The summed E-state index contributed by atoms with van der Waals surface area (Å²) >= 11 is 0. The molecule has 0 N–H and O–H groups in total. The van der Waals surface area contributed by atoms with Crippen molar-refractivity contribution in [1.29, 1.82) is 0 Å². The van der Waals surface area contributed by atoms with E-state index in [1.165, 1.54) is 0 Å². The van der Waals surface area contributed by atoms with Crippen LogP contribution < -0.4 is 4.90 Å². The van der Waals surface area contributed by atoms with E-state index >= 15 is 0 Å². The van der Waals surface area contributed by atoms with Crippen LogP contribution in [-0.4, -0.2) is 49.9 Å². The van der Waals surface area contributed by atoms with E-state index in [4.69, 9.17) is 9.47 Å². The van der Waals surface area contributed by atoms with Gasteiger partial charge in [0.1, 0.15) is 0 Å². The number of anilines is 2. The molecule has 1 amide bonds. The predicted molar refractivity (Wildman–Crippen MR) is 103 cm³/mol. The van der Waals surface area contributed by atoms with E-state index < -0.39 is 0 Å². The van der Waals surface area contributed by atoms with Crippen LogP contribution in [0.3, 0.4) is 0 Å². The maximum atomic E-state index is 12.1. The zero-order valence-electron chi connectivity index (χ0n) is 15.4. The SMILES string of the molecule is CCOC(=O)N1CCC(N(c2ccccc2)c2ccccc2)C(OC)C1. The zero-order valence-corrected chi connectivity index (χ0v) is 15.4. The first-order valence-electron chi connectivity index (χ1n) is 9.08. The highest BCUT2D eigenvalue weighted by atomic mass is 16.6. The summed E-state index contributed by atoms with van der Waals surface area (Å²) in [6, 6.07) is 20.8. The summed E-state index contributed by atoms with van der Waals surface area (Å²) in [5, 5.41) is 0. The third-order valence-electron chi connectivity index (χ3n) is 4.75. The van der Waals surface area contributed by atoms with Gasteiger partial charge in [0.15, 0.2) is 0 Å². The molecular weight excluding hydrogens is 328 g/mol. The lowest BCUT2D eigenvalue weighted by Crippen LogP contribution is -2.55. The molecule has 1 aliphatic rings. The number of ether oxygens (including phenoxy) is 2. The third-order valence-corrected chi connectivity index (χ3v) is 4.75. The van der Waals surface area contributed by atoms with E-state index in [-0.39, 0.29) is 18.2 Å². The summed E-state index contributed by atoms with van der Waals surface area (Å²) in [4.78, 5) is 16.2. The van der Waals surface area contributed by atoms with Gasteiger partial charge in [-0.05, 0) is 37.6 Å². The van der Waals surface area contributed by atoms with Crippen molar-refractivity contribution in [3.8, 4) is 0 Å². The summed E-state index contributed by atoms with van der Waals surface area (Å²) in [5.41, 5.74) is 2.24. The molecule has 0 radical (unpaired) electrons. The number of hydrogen-bond donors (Lipinski definition) is 0.